The summed E-state index contributed by atoms with van der Waals surface area (Å²) in [5, 5.41) is 2.99. The lowest BCUT2D eigenvalue weighted by Gasteiger charge is -2.17. The Morgan fingerprint density at radius 1 is 1.22 bits per heavy atom. The van der Waals surface area contributed by atoms with Gasteiger partial charge in [-0.3, -0.25) is 4.79 Å². The summed E-state index contributed by atoms with van der Waals surface area (Å²) < 4.78 is 0. The monoisotopic (exact) mass is 248 g/mol. The van der Waals surface area contributed by atoms with Crippen LogP contribution < -0.4 is 5.32 Å². The topological polar surface area (TPSA) is 32.3 Å². The summed E-state index contributed by atoms with van der Waals surface area (Å²) in [7, 11) is 0. The smallest absolute Gasteiger partial charge is 0.225 e. The molecule has 3 nitrogen and oxygen atoms in total. The molecule has 0 heterocycles. The Kier molecular flexibility index (Phi) is 5.86. The van der Waals surface area contributed by atoms with Gasteiger partial charge in [-0.15, -0.1) is 0 Å². The van der Waals surface area contributed by atoms with Crippen LogP contribution >= 0.6 is 0 Å². The molecule has 0 spiro atoms. The summed E-state index contributed by atoms with van der Waals surface area (Å²) in [5.74, 6) is 0.0931. The van der Waals surface area contributed by atoms with Crippen molar-refractivity contribution in [3.63, 3.8) is 0 Å². The Labute approximate surface area is 110 Å². The first kappa shape index (κ1) is 14.7. The van der Waals surface area contributed by atoms with E-state index in [1.165, 1.54) is 5.56 Å². The van der Waals surface area contributed by atoms with Crippen molar-refractivity contribution in [1.82, 2.24) is 4.90 Å². The molecule has 0 aliphatic heterocycles. The van der Waals surface area contributed by atoms with Crippen LogP contribution in [0.1, 0.15) is 31.4 Å². The number of aryl methyl sites for hydroxylation is 2. The van der Waals surface area contributed by atoms with Gasteiger partial charge in [0, 0.05) is 18.7 Å². The molecule has 0 unspecified atom stereocenters. The van der Waals surface area contributed by atoms with E-state index >= 15 is 0 Å². The number of rotatable bonds is 6. The van der Waals surface area contributed by atoms with Crippen LogP contribution in [0.4, 0.5) is 5.69 Å². The van der Waals surface area contributed by atoms with E-state index in [1.54, 1.807) is 0 Å². The highest BCUT2D eigenvalue weighted by molar-refractivity contribution is 5.91. The molecule has 0 radical (unpaired) electrons. The van der Waals surface area contributed by atoms with E-state index in [2.05, 4.69) is 30.1 Å². The molecule has 100 valence electrons. The van der Waals surface area contributed by atoms with E-state index in [0.29, 0.717) is 6.42 Å². The predicted octanol–water partition coefficient (Wildman–Crippen LogP) is 2.97. The fourth-order valence-electron chi connectivity index (χ4n) is 1.88. The van der Waals surface area contributed by atoms with Crippen LogP contribution in [0, 0.1) is 13.8 Å². The van der Waals surface area contributed by atoms with Crippen molar-refractivity contribution < 1.29 is 4.79 Å². The summed E-state index contributed by atoms with van der Waals surface area (Å²) in [4.78, 5) is 14.1. The van der Waals surface area contributed by atoms with E-state index in [0.717, 1.165) is 30.9 Å². The standard InChI is InChI=1S/C15H24N2O/c1-5-17(6-2)10-9-15(18)16-14-11-12(3)7-8-13(14)4/h7-8,11H,5-6,9-10H2,1-4H3,(H,16,18). The molecule has 0 atom stereocenters. The summed E-state index contributed by atoms with van der Waals surface area (Å²) in [6.45, 7) is 11.1. The number of benzene rings is 1. The van der Waals surface area contributed by atoms with E-state index in [9.17, 15) is 4.79 Å². The number of nitrogens with zero attached hydrogens (tertiary/aromatic N) is 1. The van der Waals surface area contributed by atoms with Gasteiger partial charge in [0.2, 0.25) is 5.91 Å². The second-order valence-electron chi connectivity index (χ2n) is 4.64. The maximum absolute atomic E-state index is 11.9. The lowest BCUT2D eigenvalue weighted by molar-refractivity contribution is -0.116. The summed E-state index contributed by atoms with van der Waals surface area (Å²) in [5.41, 5.74) is 3.20. The number of hydrogen-bond donors (Lipinski definition) is 1. The molecule has 0 saturated heterocycles. The third-order valence-corrected chi connectivity index (χ3v) is 3.22. The van der Waals surface area contributed by atoms with Crippen LogP contribution in [0.5, 0.6) is 0 Å². The minimum Gasteiger partial charge on any atom is -0.326 e. The van der Waals surface area contributed by atoms with Gasteiger partial charge in [0.05, 0.1) is 0 Å². The van der Waals surface area contributed by atoms with Gasteiger partial charge in [-0.05, 0) is 44.1 Å². The molecular weight excluding hydrogens is 224 g/mol. The van der Waals surface area contributed by atoms with Crippen molar-refractivity contribution in [3.8, 4) is 0 Å². The molecule has 1 amide bonds. The molecule has 0 fully saturated rings. The fraction of sp³-hybridized carbons (Fsp3) is 0.533. The highest BCUT2D eigenvalue weighted by Gasteiger charge is 2.07. The van der Waals surface area contributed by atoms with Gasteiger partial charge in [0.15, 0.2) is 0 Å². The van der Waals surface area contributed by atoms with Gasteiger partial charge in [-0.25, -0.2) is 0 Å². The third-order valence-electron chi connectivity index (χ3n) is 3.22. The largest absolute Gasteiger partial charge is 0.326 e. The first-order valence-corrected chi connectivity index (χ1v) is 6.66. The summed E-state index contributed by atoms with van der Waals surface area (Å²) in [6.07, 6.45) is 0.551. The Hall–Kier alpha value is -1.35. The van der Waals surface area contributed by atoms with Crippen molar-refractivity contribution in [2.45, 2.75) is 34.1 Å². The average Bonchev–Trinajstić information content (AvgIpc) is 2.35. The Morgan fingerprint density at radius 3 is 2.50 bits per heavy atom. The van der Waals surface area contributed by atoms with Crippen molar-refractivity contribution in [2.24, 2.45) is 0 Å². The van der Waals surface area contributed by atoms with Crippen molar-refractivity contribution in [1.29, 1.82) is 0 Å². The summed E-state index contributed by atoms with van der Waals surface area (Å²) >= 11 is 0. The average molecular weight is 248 g/mol. The zero-order valence-electron chi connectivity index (χ0n) is 11.9. The zero-order chi connectivity index (χ0) is 13.5. The number of amides is 1. The second-order valence-corrected chi connectivity index (χ2v) is 4.64. The maximum atomic E-state index is 11.9. The second kappa shape index (κ2) is 7.17. The molecule has 1 N–H and O–H groups in total. The van der Waals surface area contributed by atoms with Crippen molar-refractivity contribution >= 4 is 11.6 Å². The van der Waals surface area contributed by atoms with Crippen LogP contribution in [-0.2, 0) is 4.79 Å². The van der Waals surface area contributed by atoms with E-state index in [4.69, 9.17) is 0 Å². The van der Waals surface area contributed by atoms with Gasteiger partial charge >= 0.3 is 0 Å². The highest BCUT2D eigenvalue weighted by Crippen LogP contribution is 2.16. The van der Waals surface area contributed by atoms with Crippen LogP contribution in [0.2, 0.25) is 0 Å². The minimum absolute atomic E-state index is 0.0931. The molecule has 1 aromatic rings. The highest BCUT2D eigenvalue weighted by atomic mass is 16.1. The molecule has 0 aliphatic carbocycles. The number of anilines is 1. The number of carbonyl (C=O) groups is 1. The van der Waals surface area contributed by atoms with Crippen molar-refractivity contribution in [3.05, 3.63) is 29.3 Å². The Bertz CT molecular complexity index is 397. The Morgan fingerprint density at radius 2 is 1.89 bits per heavy atom. The molecule has 0 aliphatic rings. The van der Waals surface area contributed by atoms with Gasteiger partial charge in [0.1, 0.15) is 0 Å². The molecule has 3 heteroatoms. The predicted molar refractivity (Wildman–Crippen MR) is 77.0 cm³/mol. The zero-order valence-corrected chi connectivity index (χ0v) is 11.9. The van der Waals surface area contributed by atoms with E-state index in [-0.39, 0.29) is 5.91 Å². The molecule has 0 aromatic heterocycles. The lowest BCUT2D eigenvalue weighted by Crippen LogP contribution is -2.27. The molecule has 1 aromatic carbocycles. The molecule has 0 saturated carbocycles. The van der Waals surface area contributed by atoms with Gasteiger partial charge in [0.25, 0.3) is 0 Å². The molecule has 18 heavy (non-hydrogen) atoms. The normalized spacial score (nSPS) is 10.7. The van der Waals surface area contributed by atoms with Gasteiger partial charge in [-0.1, -0.05) is 26.0 Å². The number of carbonyl (C=O) groups excluding carboxylic acids is 1. The van der Waals surface area contributed by atoms with E-state index in [1.807, 2.05) is 26.0 Å². The third kappa shape index (κ3) is 4.49. The number of hydrogen-bond acceptors (Lipinski definition) is 2. The van der Waals surface area contributed by atoms with Gasteiger partial charge in [-0.2, -0.15) is 0 Å². The number of nitrogens with one attached hydrogen (secondary N) is 1. The molecule has 0 bridgehead atoms. The SMILES string of the molecule is CCN(CC)CCC(=O)Nc1cc(C)ccc1C. The minimum atomic E-state index is 0.0931. The first-order chi connectivity index (χ1) is 8.56. The van der Waals surface area contributed by atoms with Crippen LogP contribution in [0.3, 0.4) is 0 Å². The Balaban J connectivity index is 2.51. The maximum Gasteiger partial charge on any atom is 0.225 e. The first-order valence-electron chi connectivity index (χ1n) is 6.66. The molecular formula is C15H24N2O. The molecule has 1 rings (SSSR count). The van der Waals surface area contributed by atoms with Crippen molar-refractivity contribution in [2.75, 3.05) is 25.0 Å². The fourth-order valence-corrected chi connectivity index (χ4v) is 1.88. The van der Waals surface area contributed by atoms with Crippen LogP contribution in [-0.4, -0.2) is 30.4 Å². The van der Waals surface area contributed by atoms with Crippen LogP contribution in [0.25, 0.3) is 0 Å². The lowest BCUT2D eigenvalue weighted by atomic mass is 10.1. The van der Waals surface area contributed by atoms with E-state index < -0.39 is 0 Å². The van der Waals surface area contributed by atoms with Gasteiger partial charge < -0.3 is 10.2 Å². The van der Waals surface area contributed by atoms with Crippen LogP contribution in [0.15, 0.2) is 18.2 Å². The summed E-state index contributed by atoms with van der Waals surface area (Å²) in [6, 6.07) is 6.11. The quantitative estimate of drug-likeness (QED) is 0.839.